The van der Waals surface area contributed by atoms with Gasteiger partial charge in [-0.3, -0.25) is 0 Å². The molecule has 0 aliphatic carbocycles. The fourth-order valence-corrected chi connectivity index (χ4v) is 4.49. The van der Waals surface area contributed by atoms with Crippen molar-refractivity contribution in [3.63, 3.8) is 0 Å². The monoisotopic (exact) mass is 438 g/mol. The number of hydrogen-bond donors (Lipinski definition) is 2. The first kappa shape index (κ1) is 22.6. The summed E-state index contributed by atoms with van der Waals surface area (Å²) >= 11 is 0. The molecule has 2 aromatic carbocycles. The minimum Gasteiger partial charge on any atom is -0.494 e. The van der Waals surface area contributed by atoms with E-state index in [9.17, 15) is 4.79 Å². The summed E-state index contributed by atoms with van der Waals surface area (Å²) in [6, 6.07) is 17.7. The topological polar surface area (TPSA) is 68.8 Å². The summed E-state index contributed by atoms with van der Waals surface area (Å²) < 4.78 is 18.4. The number of carbonyl (C=O) groups is 1. The zero-order valence-corrected chi connectivity index (χ0v) is 19.2. The summed E-state index contributed by atoms with van der Waals surface area (Å²) in [4.78, 5) is 12.7. The molecule has 2 amide bonds. The molecule has 2 aliphatic heterocycles. The highest BCUT2D eigenvalue weighted by atomic mass is 16.8. The molecular formula is C26H34N2O4. The van der Waals surface area contributed by atoms with Crippen LogP contribution in [0.1, 0.15) is 44.7 Å². The summed E-state index contributed by atoms with van der Waals surface area (Å²) in [5, 5.41) is 6.24. The second kappa shape index (κ2) is 9.92. The van der Waals surface area contributed by atoms with E-state index in [-0.39, 0.29) is 30.3 Å². The van der Waals surface area contributed by atoms with Gasteiger partial charge < -0.3 is 24.8 Å². The summed E-state index contributed by atoms with van der Waals surface area (Å²) in [7, 11) is 0. The predicted octanol–water partition coefficient (Wildman–Crippen LogP) is 4.22. The Hall–Kier alpha value is -2.57. The number of carbonyl (C=O) groups excluding carboxylic acids is 1. The van der Waals surface area contributed by atoms with Crippen molar-refractivity contribution >= 4 is 6.03 Å². The molecule has 0 aromatic heterocycles. The molecule has 0 saturated carbocycles. The first-order valence-electron chi connectivity index (χ1n) is 11.6. The number of fused-ring (bicyclic) bond motifs is 1. The number of ether oxygens (including phenoxy) is 3. The summed E-state index contributed by atoms with van der Waals surface area (Å²) in [5.74, 6) is 0.166. The molecule has 2 aliphatic rings. The lowest BCUT2D eigenvalue weighted by Gasteiger charge is -2.26. The van der Waals surface area contributed by atoms with Crippen molar-refractivity contribution < 1.29 is 19.0 Å². The van der Waals surface area contributed by atoms with Crippen LogP contribution in [0.4, 0.5) is 4.79 Å². The lowest BCUT2D eigenvalue weighted by atomic mass is 9.92. The highest BCUT2D eigenvalue weighted by Crippen LogP contribution is 2.34. The van der Waals surface area contributed by atoms with Gasteiger partial charge in [-0.25, -0.2) is 4.79 Å². The van der Waals surface area contributed by atoms with Crippen LogP contribution >= 0.6 is 0 Å². The molecule has 0 unspecified atom stereocenters. The average Bonchev–Trinajstić information content (AvgIpc) is 3.05. The third-order valence-corrected chi connectivity index (χ3v) is 6.03. The lowest BCUT2D eigenvalue weighted by molar-refractivity contribution is -0.150. The maximum absolute atomic E-state index is 12.7. The van der Waals surface area contributed by atoms with Gasteiger partial charge in [0.1, 0.15) is 18.0 Å². The Morgan fingerprint density at radius 2 is 1.44 bits per heavy atom. The highest BCUT2D eigenvalue weighted by molar-refractivity contribution is 5.75. The van der Waals surface area contributed by atoms with Gasteiger partial charge in [0.2, 0.25) is 0 Å². The Morgan fingerprint density at radius 1 is 0.875 bits per heavy atom. The van der Waals surface area contributed by atoms with Crippen LogP contribution in [0.25, 0.3) is 0 Å². The van der Waals surface area contributed by atoms with E-state index >= 15 is 0 Å². The molecule has 4 atom stereocenters. The molecule has 6 heteroatoms. The molecule has 172 valence electrons. The quantitative estimate of drug-likeness (QED) is 0.606. The van der Waals surface area contributed by atoms with E-state index in [1.54, 1.807) is 0 Å². The van der Waals surface area contributed by atoms with Gasteiger partial charge in [0.05, 0.1) is 18.7 Å². The minimum absolute atomic E-state index is 0.177. The minimum atomic E-state index is -0.705. The number of urea groups is 1. The van der Waals surface area contributed by atoms with Gasteiger partial charge in [-0.05, 0) is 56.4 Å². The molecule has 0 spiro atoms. The van der Waals surface area contributed by atoms with Gasteiger partial charge in [0.15, 0.2) is 5.79 Å². The van der Waals surface area contributed by atoms with Gasteiger partial charge in [-0.2, -0.15) is 0 Å². The van der Waals surface area contributed by atoms with Crippen LogP contribution < -0.4 is 15.4 Å². The van der Waals surface area contributed by atoms with E-state index < -0.39 is 5.79 Å². The standard InChI is InChI=1S/C26H34N2O4/c1-4-5-15-30-20-13-11-19(12-14-20)17-22-24-23(31-26(2,3)32-24)21(27-25(29)28-22)16-18-9-7-6-8-10-18/h6-14,21-24H,4-5,15-17H2,1-3H3,(H2,27,28,29)/t21-,22-,23+,24+/m1/s1. The van der Waals surface area contributed by atoms with Crippen LogP contribution in [0.5, 0.6) is 5.75 Å². The second-order valence-electron chi connectivity index (χ2n) is 9.14. The third kappa shape index (κ3) is 5.61. The molecule has 2 saturated heterocycles. The molecule has 2 fully saturated rings. The molecular weight excluding hydrogens is 404 g/mol. The maximum Gasteiger partial charge on any atom is 0.315 e. The Kier molecular flexibility index (Phi) is 7.01. The summed E-state index contributed by atoms with van der Waals surface area (Å²) in [6.45, 7) is 6.74. The van der Waals surface area contributed by atoms with E-state index in [0.29, 0.717) is 12.8 Å². The number of hydrogen-bond acceptors (Lipinski definition) is 4. The zero-order chi connectivity index (χ0) is 22.6. The first-order valence-corrected chi connectivity index (χ1v) is 11.6. The van der Waals surface area contributed by atoms with Crippen LogP contribution in [-0.2, 0) is 22.3 Å². The molecule has 2 heterocycles. The molecule has 6 nitrogen and oxygen atoms in total. The van der Waals surface area contributed by atoms with Crippen LogP contribution in [0.15, 0.2) is 54.6 Å². The Bertz CT molecular complexity index is 884. The van der Waals surface area contributed by atoms with Crippen molar-refractivity contribution in [1.82, 2.24) is 10.6 Å². The first-order chi connectivity index (χ1) is 15.4. The Labute approximate surface area is 190 Å². The van der Waals surface area contributed by atoms with Crippen LogP contribution in [0.3, 0.4) is 0 Å². The Balaban J connectivity index is 1.49. The molecule has 2 N–H and O–H groups in total. The number of nitrogens with one attached hydrogen (secondary N) is 2. The van der Waals surface area contributed by atoms with E-state index in [1.807, 2.05) is 44.2 Å². The number of rotatable bonds is 8. The van der Waals surface area contributed by atoms with Gasteiger partial charge in [-0.1, -0.05) is 55.8 Å². The molecule has 2 aromatic rings. The maximum atomic E-state index is 12.7. The highest BCUT2D eigenvalue weighted by Gasteiger charge is 2.50. The van der Waals surface area contributed by atoms with E-state index in [2.05, 4.69) is 41.8 Å². The van der Waals surface area contributed by atoms with Crippen LogP contribution in [0, 0.1) is 0 Å². The molecule has 0 bridgehead atoms. The average molecular weight is 439 g/mol. The second-order valence-corrected chi connectivity index (χ2v) is 9.14. The largest absolute Gasteiger partial charge is 0.494 e. The third-order valence-electron chi connectivity index (χ3n) is 6.03. The zero-order valence-electron chi connectivity index (χ0n) is 19.2. The number of amides is 2. The number of unbranched alkanes of at least 4 members (excludes halogenated alkanes) is 1. The summed E-state index contributed by atoms with van der Waals surface area (Å²) in [5.41, 5.74) is 2.27. The van der Waals surface area contributed by atoms with Crippen LogP contribution in [0.2, 0.25) is 0 Å². The smallest absolute Gasteiger partial charge is 0.315 e. The predicted molar refractivity (Wildman–Crippen MR) is 124 cm³/mol. The van der Waals surface area contributed by atoms with E-state index in [0.717, 1.165) is 36.3 Å². The van der Waals surface area contributed by atoms with Crippen LogP contribution in [-0.4, -0.2) is 42.7 Å². The van der Waals surface area contributed by atoms with Crippen molar-refractivity contribution in [2.75, 3.05) is 6.61 Å². The van der Waals surface area contributed by atoms with Crippen molar-refractivity contribution in [2.24, 2.45) is 0 Å². The van der Waals surface area contributed by atoms with Gasteiger partial charge in [0, 0.05) is 0 Å². The van der Waals surface area contributed by atoms with Gasteiger partial charge >= 0.3 is 6.03 Å². The number of benzene rings is 2. The van der Waals surface area contributed by atoms with Crippen molar-refractivity contribution in [3.8, 4) is 5.75 Å². The lowest BCUT2D eigenvalue weighted by Crippen LogP contribution is -2.47. The molecule has 4 rings (SSSR count). The SMILES string of the molecule is CCCCOc1ccc(C[C@H]2NC(=O)N[C@H](Cc3ccccc3)[C@@H]3OC(C)(C)O[C@H]32)cc1. The van der Waals surface area contributed by atoms with E-state index in [1.165, 1.54) is 0 Å². The fourth-order valence-electron chi connectivity index (χ4n) is 4.49. The van der Waals surface area contributed by atoms with Crippen molar-refractivity contribution in [2.45, 2.75) is 76.5 Å². The van der Waals surface area contributed by atoms with E-state index in [4.69, 9.17) is 14.2 Å². The van der Waals surface area contributed by atoms with Gasteiger partial charge in [0.25, 0.3) is 0 Å². The fraction of sp³-hybridized carbons (Fsp3) is 0.500. The molecule has 32 heavy (non-hydrogen) atoms. The van der Waals surface area contributed by atoms with Gasteiger partial charge in [-0.15, -0.1) is 0 Å². The normalized spacial score (nSPS) is 26.5. The Morgan fingerprint density at radius 3 is 2.00 bits per heavy atom. The van der Waals surface area contributed by atoms with Crippen molar-refractivity contribution in [1.29, 1.82) is 0 Å². The summed E-state index contributed by atoms with van der Waals surface area (Å²) in [6.07, 6.45) is 3.00. The molecule has 0 radical (unpaired) electrons. The van der Waals surface area contributed by atoms with Crippen molar-refractivity contribution in [3.05, 3.63) is 65.7 Å².